The average Bonchev–Trinajstić information content (AvgIpc) is 3.15. The van der Waals surface area contributed by atoms with Crippen LogP contribution in [0.2, 0.25) is 0 Å². The molecule has 158 valence electrons. The normalized spacial score (nSPS) is 10.5. The molecule has 6 nitrogen and oxygen atoms in total. The molecule has 0 aliphatic carbocycles. The summed E-state index contributed by atoms with van der Waals surface area (Å²) in [6.07, 6.45) is 1.62. The third-order valence-electron chi connectivity index (χ3n) is 4.97. The summed E-state index contributed by atoms with van der Waals surface area (Å²) in [7, 11) is 0. The molecule has 2 aromatic carbocycles. The molecule has 1 amide bonds. The van der Waals surface area contributed by atoms with E-state index in [1.807, 2.05) is 61.5 Å². The van der Waals surface area contributed by atoms with Gasteiger partial charge in [-0.15, -0.1) is 17.9 Å². The van der Waals surface area contributed by atoms with E-state index in [-0.39, 0.29) is 11.7 Å². The third-order valence-corrected chi connectivity index (χ3v) is 6.08. The number of nitrogens with two attached hydrogens (primary N) is 1. The summed E-state index contributed by atoms with van der Waals surface area (Å²) in [6, 6.07) is 19.6. The van der Waals surface area contributed by atoms with Gasteiger partial charge in [-0.3, -0.25) is 4.79 Å². The van der Waals surface area contributed by atoms with Crippen LogP contribution in [0.1, 0.15) is 21.5 Å². The largest absolute Gasteiger partial charge is 0.383 e. The van der Waals surface area contributed by atoms with Crippen LogP contribution in [0.4, 0.5) is 16.5 Å². The first-order valence-corrected chi connectivity index (χ1v) is 10.8. The maximum absolute atomic E-state index is 13.1. The number of rotatable bonds is 6. The number of nitrogens with zero attached hydrogens (tertiary/aromatic N) is 2. The molecule has 4 aromatic rings. The zero-order valence-corrected chi connectivity index (χ0v) is 18.3. The molecule has 0 unspecified atom stereocenters. The van der Waals surface area contributed by atoms with Gasteiger partial charge in [-0.2, -0.15) is 5.26 Å². The molecular formula is C25H21N5OS. The molecule has 4 N–H and O–H groups in total. The highest BCUT2D eigenvalue weighted by molar-refractivity contribution is 7.24. The number of pyridine rings is 1. The van der Waals surface area contributed by atoms with E-state index in [0.29, 0.717) is 33.8 Å². The van der Waals surface area contributed by atoms with Crippen molar-refractivity contribution in [1.29, 1.82) is 5.26 Å². The number of nitrogens with one attached hydrogen (secondary N) is 2. The van der Waals surface area contributed by atoms with Crippen molar-refractivity contribution in [1.82, 2.24) is 10.3 Å². The first-order valence-electron chi connectivity index (χ1n) is 9.97. The summed E-state index contributed by atoms with van der Waals surface area (Å²) in [5, 5.41) is 16.6. The van der Waals surface area contributed by atoms with Gasteiger partial charge in [0.2, 0.25) is 0 Å². The van der Waals surface area contributed by atoms with Crippen molar-refractivity contribution in [3.63, 3.8) is 0 Å². The van der Waals surface area contributed by atoms with Gasteiger partial charge >= 0.3 is 0 Å². The molecule has 2 aromatic heterocycles. The van der Waals surface area contributed by atoms with Crippen LogP contribution < -0.4 is 16.4 Å². The van der Waals surface area contributed by atoms with E-state index in [1.165, 1.54) is 11.3 Å². The monoisotopic (exact) mass is 439 g/mol. The minimum Gasteiger partial charge on any atom is -0.383 e. The van der Waals surface area contributed by atoms with Gasteiger partial charge in [-0.25, -0.2) is 4.98 Å². The molecule has 0 fully saturated rings. The van der Waals surface area contributed by atoms with Gasteiger partial charge < -0.3 is 16.4 Å². The number of nitrogen functional groups attached to an aromatic ring is 1. The van der Waals surface area contributed by atoms with Crippen LogP contribution in [-0.4, -0.2) is 17.4 Å². The number of fused-ring (bicyclic) bond motifs is 1. The van der Waals surface area contributed by atoms with Crippen molar-refractivity contribution in [2.75, 3.05) is 17.6 Å². The van der Waals surface area contributed by atoms with Crippen molar-refractivity contribution in [2.24, 2.45) is 0 Å². The smallest absolute Gasteiger partial charge is 0.256 e. The molecule has 0 atom stereocenters. The lowest BCUT2D eigenvalue weighted by Gasteiger charge is -2.09. The number of thiophene rings is 1. The van der Waals surface area contributed by atoms with E-state index < -0.39 is 0 Å². The van der Waals surface area contributed by atoms with Crippen molar-refractivity contribution in [3.8, 4) is 17.2 Å². The number of benzene rings is 2. The Morgan fingerprint density at radius 1 is 1.22 bits per heavy atom. The number of amides is 1. The molecule has 0 bridgehead atoms. The number of nitriles is 1. The minimum atomic E-state index is -0.290. The van der Waals surface area contributed by atoms with Crippen LogP contribution in [0.15, 0.2) is 67.3 Å². The molecule has 0 aliphatic heterocycles. The summed E-state index contributed by atoms with van der Waals surface area (Å²) in [6.45, 7) is 6.00. The Morgan fingerprint density at radius 3 is 2.59 bits per heavy atom. The maximum Gasteiger partial charge on any atom is 0.256 e. The summed E-state index contributed by atoms with van der Waals surface area (Å²) >= 11 is 1.38. The number of carbonyl (C=O) groups excluding carboxylic acids is 1. The Kier molecular flexibility index (Phi) is 5.88. The molecule has 32 heavy (non-hydrogen) atoms. The summed E-state index contributed by atoms with van der Waals surface area (Å²) in [4.78, 5) is 17.6. The number of aryl methyl sites for hydroxylation is 1. The van der Waals surface area contributed by atoms with Crippen molar-refractivity contribution in [3.05, 3.63) is 83.9 Å². The molecule has 7 heteroatoms. The van der Waals surface area contributed by atoms with Gasteiger partial charge in [0.1, 0.15) is 28.0 Å². The topological polar surface area (TPSA) is 104 Å². The van der Waals surface area contributed by atoms with Gasteiger partial charge in [0, 0.05) is 17.8 Å². The lowest BCUT2D eigenvalue weighted by molar-refractivity contribution is 0.0960. The number of anilines is 3. The van der Waals surface area contributed by atoms with Crippen LogP contribution in [0.3, 0.4) is 0 Å². The zero-order valence-electron chi connectivity index (χ0n) is 17.5. The third kappa shape index (κ3) is 3.92. The molecular weight excluding hydrogens is 418 g/mol. The second-order valence-electron chi connectivity index (χ2n) is 7.20. The fourth-order valence-electron chi connectivity index (χ4n) is 3.43. The Labute approximate surface area is 190 Å². The maximum atomic E-state index is 13.1. The fourth-order valence-corrected chi connectivity index (χ4v) is 4.66. The van der Waals surface area contributed by atoms with E-state index in [2.05, 4.69) is 28.3 Å². The molecule has 2 heterocycles. The molecule has 0 radical (unpaired) electrons. The summed E-state index contributed by atoms with van der Waals surface area (Å²) < 4.78 is 0.723. The Bertz CT molecular complexity index is 1350. The SMILES string of the molecule is C=CCNC(=O)c1c(Nc2ccc(C)cc2)sc2c(-c3ccccc3)c(C#N)c(N)nc12. The van der Waals surface area contributed by atoms with Crippen molar-refractivity contribution in [2.45, 2.75) is 6.92 Å². The quantitative estimate of drug-likeness (QED) is 0.350. The molecule has 0 saturated carbocycles. The zero-order chi connectivity index (χ0) is 22.7. The highest BCUT2D eigenvalue weighted by atomic mass is 32.1. The lowest BCUT2D eigenvalue weighted by atomic mass is 10.00. The van der Waals surface area contributed by atoms with E-state index in [4.69, 9.17) is 5.73 Å². The average molecular weight is 440 g/mol. The Balaban J connectivity index is 1.99. The molecule has 4 rings (SSSR count). The fraction of sp³-hybridized carbons (Fsp3) is 0.0800. The van der Waals surface area contributed by atoms with E-state index in [1.54, 1.807) is 6.08 Å². The number of carbonyl (C=O) groups is 1. The Hall–Kier alpha value is -4.15. The Morgan fingerprint density at radius 2 is 1.94 bits per heavy atom. The number of hydrogen-bond acceptors (Lipinski definition) is 6. The molecule has 0 aliphatic rings. The van der Waals surface area contributed by atoms with E-state index >= 15 is 0 Å². The van der Waals surface area contributed by atoms with E-state index in [0.717, 1.165) is 21.5 Å². The first-order chi connectivity index (χ1) is 15.5. The standard InChI is InChI=1S/C25H21N5OS/c1-3-13-28-24(31)20-21-22(32-25(20)29-17-11-9-15(2)10-12-17)19(16-7-5-4-6-8-16)18(14-26)23(27)30-21/h3-12,29H,1,13H2,2H3,(H2,27,30)(H,28,31). The van der Waals surface area contributed by atoms with Crippen molar-refractivity contribution < 1.29 is 4.79 Å². The minimum absolute atomic E-state index is 0.0938. The highest BCUT2D eigenvalue weighted by Crippen LogP contribution is 2.44. The number of aromatic nitrogens is 1. The highest BCUT2D eigenvalue weighted by Gasteiger charge is 2.25. The van der Waals surface area contributed by atoms with Crippen molar-refractivity contribution >= 4 is 44.0 Å². The first kappa shape index (κ1) is 21.1. The van der Waals surface area contributed by atoms with Crippen LogP contribution in [0, 0.1) is 18.3 Å². The summed E-state index contributed by atoms with van der Waals surface area (Å²) in [5.41, 5.74) is 10.8. The molecule has 0 saturated heterocycles. The molecule has 0 spiro atoms. The second kappa shape index (κ2) is 8.92. The van der Waals surface area contributed by atoms with Gasteiger partial charge in [0.15, 0.2) is 0 Å². The van der Waals surface area contributed by atoms with E-state index in [9.17, 15) is 10.1 Å². The van der Waals surface area contributed by atoms with Gasteiger partial charge in [-0.05, 0) is 24.6 Å². The van der Waals surface area contributed by atoms with Crippen LogP contribution in [0.5, 0.6) is 0 Å². The van der Waals surface area contributed by atoms with Crippen LogP contribution in [0.25, 0.3) is 21.3 Å². The summed E-state index contributed by atoms with van der Waals surface area (Å²) in [5.74, 6) is -0.197. The van der Waals surface area contributed by atoms with Gasteiger partial charge in [-0.1, -0.05) is 54.1 Å². The predicted octanol–water partition coefficient (Wildman–Crippen LogP) is 5.39. The van der Waals surface area contributed by atoms with Crippen LogP contribution >= 0.6 is 11.3 Å². The number of hydrogen-bond donors (Lipinski definition) is 3. The lowest BCUT2D eigenvalue weighted by Crippen LogP contribution is -2.23. The second-order valence-corrected chi connectivity index (χ2v) is 8.22. The van der Waals surface area contributed by atoms with Gasteiger partial charge in [0.05, 0.1) is 10.2 Å². The van der Waals surface area contributed by atoms with Crippen LogP contribution in [-0.2, 0) is 0 Å². The van der Waals surface area contributed by atoms with Gasteiger partial charge in [0.25, 0.3) is 5.91 Å². The predicted molar refractivity (Wildman–Crippen MR) is 131 cm³/mol.